The van der Waals surface area contributed by atoms with Crippen LogP contribution in [-0.4, -0.2) is 62.6 Å². The van der Waals surface area contributed by atoms with E-state index in [-0.39, 0.29) is 18.7 Å². The third-order valence-corrected chi connectivity index (χ3v) is 8.94. The topological polar surface area (TPSA) is 81.8 Å². The summed E-state index contributed by atoms with van der Waals surface area (Å²) >= 11 is 0. The van der Waals surface area contributed by atoms with E-state index in [2.05, 4.69) is 15.5 Å². The maximum absolute atomic E-state index is 13.8. The van der Waals surface area contributed by atoms with Crippen molar-refractivity contribution in [1.82, 2.24) is 14.9 Å². The summed E-state index contributed by atoms with van der Waals surface area (Å²) in [5.74, 6) is -0.386. The first-order valence-electron chi connectivity index (χ1n) is 10.9. The van der Waals surface area contributed by atoms with Gasteiger partial charge in [0.1, 0.15) is 0 Å². The summed E-state index contributed by atoms with van der Waals surface area (Å²) in [6, 6.07) is 19.6. The summed E-state index contributed by atoms with van der Waals surface area (Å²) in [5, 5.41) is 6.11. The summed E-state index contributed by atoms with van der Waals surface area (Å²) in [6.45, 7) is 3.36. The molecule has 2 aromatic rings. The number of rotatable bonds is 6. The van der Waals surface area contributed by atoms with Crippen LogP contribution in [0.4, 0.5) is 5.69 Å². The van der Waals surface area contributed by atoms with Crippen LogP contribution >= 0.6 is 0 Å². The Morgan fingerprint density at radius 2 is 1.48 bits per heavy atom. The number of carbonyl (C=O) groups is 1. The standard InChI is InChI=1S/C23H30N4O3S/c28-22(25-19-20-7-3-1-4-8-20)23(11-13-24-14-12-23)31(29,30)27-17-15-26(16-18-27)21-9-5-2-6-10-21/h1-10,24H,11-19H2,(H,25,28). The molecule has 166 valence electrons. The molecular weight excluding hydrogens is 412 g/mol. The molecule has 0 aliphatic carbocycles. The molecule has 2 aliphatic heterocycles. The number of piperidine rings is 1. The molecule has 2 aliphatic rings. The lowest BCUT2D eigenvalue weighted by Crippen LogP contribution is -2.63. The van der Waals surface area contributed by atoms with E-state index in [0.717, 1.165) is 11.3 Å². The largest absolute Gasteiger partial charge is 0.369 e. The lowest BCUT2D eigenvalue weighted by molar-refractivity contribution is -0.124. The number of amides is 1. The zero-order valence-electron chi connectivity index (χ0n) is 17.7. The van der Waals surface area contributed by atoms with Crippen LogP contribution in [0.1, 0.15) is 18.4 Å². The molecule has 2 saturated heterocycles. The molecule has 2 heterocycles. The highest BCUT2D eigenvalue weighted by Gasteiger charge is 2.53. The number of hydrogen-bond donors (Lipinski definition) is 2. The van der Waals surface area contributed by atoms with Crippen molar-refractivity contribution in [2.75, 3.05) is 44.2 Å². The summed E-state index contributed by atoms with van der Waals surface area (Å²) in [5.41, 5.74) is 2.05. The van der Waals surface area contributed by atoms with Crippen molar-refractivity contribution in [2.24, 2.45) is 0 Å². The molecule has 0 unspecified atom stereocenters. The maximum atomic E-state index is 13.8. The predicted molar refractivity (Wildman–Crippen MR) is 122 cm³/mol. The molecule has 1 amide bonds. The van der Waals surface area contributed by atoms with Crippen LogP contribution in [0.3, 0.4) is 0 Å². The lowest BCUT2D eigenvalue weighted by Gasteiger charge is -2.42. The number of nitrogens with one attached hydrogen (secondary N) is 2. The van der Waals surface area contributed by atoms with E-state index in [4.69, 9.17) is 0 Å². The van der Waals surface area contributed by atoms with Gasteiger partial charge in [-0.3, -0.25) is 4.79 Å². The molecule has 2 N–H and O–H groups in total. The minimum Gasteiger partial charge on any atom is -0.369 e. The van der Waals surface area contributed by atoms with Crippen molar-refractivity contribution in [3.63, 3.8) is 0 Å². The molecule has 7 nitrogen and oxygen atoms in total. The van der Waals surface area contributed by atoms with Gasteiger partial charge in [0, 0.05) is 38.4 Å². The normalized spacial score (nSPS) is 19.7. The van der Waals surface area contributed by atoms with Gasteiger partial charge in [0.2, 0.25) is 15.9 Å². The molecule has 8 heteroatoms. The second kappa shape index (κ2) is 9.38. The number of anilines is 1. The molecular formula is C23H30N4O3S. The van der Waals surface area contributed by atoms with Crippen LogP contribution in [-0.2, 0) is 21.4 Å². The highest BCUT2D eigenvalue weighted by Crippen LogP contribution is 2.32. The van der Waals surface area contributed by atoms with Gasteiger partial charge in [-0.05, 0) is 43.6 Å². The third kappa shape index (κ3) is 4.46. The number of hydrogen-bond acceptors (Lipinski definition) is 5. The van der Waals surface area contributed by atoms with Crippen molar-refractivity contribution in [1.29, 1.82) is 0 Å². The minimum absolute atomic E-state index is 0.287. The Labute approximate surface area is 184 Å². The van der Waals surface area contributed by atoms with Crippen molar-refractivity contribution in [3.8, 4) is 0 Å². The van der Waals surface area contributed by atoms with Crippen molar-refractivity contribution in [2.45, 2.75) is 24.1 Å². The zero-order chi connectivity index (χ0) is 21.7. The van der Waals surface area contributed by atoms with E-state index in [1.54, 1.807) is 0 Å². The Kier molecular flexibility index (Phi) is 6.60. The molecule has 0 atom stereocenters. The van der Waals surface area contributed by atoms with Gasteiger partial charge in [-0.25, -0.2) is 8.42 Å². The van der Waals surface area contributed by atoms with Crippen LogP contribution in [0, 0.1) is 0 Å². The Morgan fingerprint density at radius 3 is 2.10 bits per heavy atom. The Morgan fingerprint density at radius 1 is 0.903 bits per heavy atom. The molecule has 0 aromatic heterocycles. The quantitative estimate of drug-likeness (QED) is 0.710. The van der Waals surface area contributed by atoms with Crippen LogP contribution in [0.2, 0.25) is 0 Å². The summed E-state index contributed by atoms with van der Waals surface area (Å²) in [6.07, 6.45) is 0.573. The van der Waals surface area contributed by atoms with Gasteiger partial charge in [0.25, 0.3) is 0 Å². The van der Waals surface area contributed by atoms with Crippen molar-refractivity contribution in [3.05, 3.63) is 66.2 Å². The highest BCUT2D eigenvalue weighted by molar-refractivity contribution is 7.91. The summed E-state index contributed by atoms with van der Waals surface area (Å²) in [4.78, 5) is 15.5. The average molecular weight is 443 g/mol. The van der Waals surface area contributed by atoms with Crippen molar-refractivity contribution >= 4 is 21.6 Å². The SMILES string of the molecule is O=C(NCc1ccccc1)C1(S(=O)(=O)N2CCN(c3ccccc3)CC2)CCNCC1. The fourth-order valence-corrected chi connectivity index (χ4v) is 6.61. The number of benzene rings is 2. The van der Waals surface area contributed by atoms with Crippen LogP contribution in [0.5, 0.6) is 0 Å². The van der Waals surface area contributed by atoms with Crippen molar-refractivity contribution < 1.29 is 13.2 Å². The van der Waals surface area contributed by atoms with Gasteiger partial charge in [-0.1, -0.05) is 48.5 Å². The van der Waals surface area contributed by atoms with E-state index >= 15 is 0 Å². The van der Waals surface area contributed by atoms with Crippen LogP contribution < -0.4 is 15.5 Å². The molecule has 0 saturated carbocycles. The Hall–Kier alpha value is -2.42. The number of sulfonamides is 1. The smallest absolute Gasteiger partial charge is 0.243 e. The van der Waals surface area contributed by atoms with Gasteiger partial charge in [0.15, 0.2) is 4.75 Å². The molecule has 4 rings (SSSR count). The molecule has 2 fully saturated rings. The number of nitrogens with zero attached hydrogens (tertiary/aromatic N) is 2. The number of carbonyl (C=O) groups excluding carboxylic acids is 1. The second-order valence-electron chi connectivity index (χ2n) is 8.14. The Bertz CT molecular complexity index is 968. The first-order chi connectivity index (χ1) is 15.0. The van der Waals surface area contributed by atoms with E-state index in [9.17, 15) is 13.2 Å². The van der Waals surface area contributed by atoms with E-state index in [1.807, 2.05) is 60.7 Å². The number of para-hydroxylation sites is 1. The molecule has 0 bridgehead atoms. The van der Waals surface area contributed by atoms with Gasteiger partial charge in [-0.15, -0.1) is 0 Å². The van der Waals surface area contributed by atoms with Crippen LogP contribution in [0.15, 0.2) is 60.7 Å². The number of piperazine rings is 1. The summed E-state index contributed by atoms with van der Waals surface area (Å²) in [7, 11) is -3.80. The van der Waals surface area contributed by atoms with Gasteiger partial charge in [0.05, 0.1) is 0 Å². The van der Waals surface area contributed by atoms with Gasteiger partial charge >= 0.3 is 0 Å². The summed E-state index contributed by atoms with van der Waals surface area (Å²) < 4.78 is 27.7. The molecule has 0 radical (unpaired) electrons. The first kappa shape index (κ1) is 21.8. The van der Waals surface area contributed by atoms with E-state index in [0.29, 0.717) is 45.8 Å². The van der Waals surface area contributed by atoms with E-state index < -0.39 is 14.8 Å². The minimum atomic E-state index is -3.80. The maximum Gasteiger partial charge on any atom is 0.243 e. The van der Waals surface area contributed by atoms with Crippen LogP contribution in [0.25, 0.3) is 0 Å². The monoisotopic (exact) mass is 442 g/mol. The zero-order valence-corrected chi connectivity index (χ0v) is 18.5. The second-order valence-corrected chi connectivity index (χ2v) is 10.4. The van der Waals surface area contributed by atoms with Gasteiger partial charge in [-0.2, -0.15) is 4.31 Å². The Balaban J connectivity index is 1.49. The fraction of sp³-hybridized carbons (Fsp3) is 0.435. The predicted octanol–water partition coefficient (Wildman–Crippen LogP) is 1.58. The van der Waals surface area contributed by atoms with E-state index in [1.165, 1.54) is 4.31 Å². The third-order valence-electron chi connectivity index (χ3n) is 6.31. The van der Waals surface area contributed by atoms with Gasteiger partial charge < -0.3 is 15.5 Å². The average Bonchev–Trinajstić information content (AvgIpc) is 2.84. The highest BCUT2D eigenvalue weighted by atomic mass is 32.2. The molecule has 31 heavy (non-hydrogen) atoms. The fourth-order valence-electron chi connectivity index (χ4n) is 4.44. The molecule has 0 spiro atoms. The first-order valence-corrected chi connectivity index (χ1v) is 12.3. The molecule has 2 aromatic carbocycles. The lowest BCUT2D eigenvalue weighted by atomic mass is 9.95.